The minimum Gasteiger partial charge on any atom is -0.497 e. The molecule has 1 N–H and O–H groups in total. The van der Waals surface area contributed by atoms with Gasteiger partial charge in [0, 0.05) is 12.1 Å². The van der Waals surface area contributed by atoms with E-state index < -0.39 is 0 Å². The Balaban J connectivity index is 1.43. The molecule has 0 fully saturated rings. The third-order valence-corrected chi connectivity index (χ3v) is 4.82. The highest BCUT2D eigenvalue weighted by Gasteiger charge is 2.12. The number of ether oxygens (including phenoxy) is 1. The van der Waals surface area contributed by atoms with Crippen molar-refractivity contribution in [1.82, 2.24) is 15.5 Å². The number of nitrogens with zero attached hydrogens (tertiary/aromatic N) is 2. The number of nitrogens with one attached hydrogen (secondary N) is 1. The highest BCUT2D eigenvalue weighted by atomic mass is 32.2. The lowest BCUT2D eigenvalue weighted by Gasteiger charge is -2.05. The molecule has 0 atom stereocenters. The fourth-order valence-corrected chi connectivity index (χ4v) is 3.10. The number of amides is 1. The predicted molar refractivity (Wildman–Crippen MR) is 105 cm³/mol. The first kappa shape index (κ1) is 19.0. The third-order valence-electron chi connectivity index (χ3n) is 4.00. The van der Waals surface area contributed by atoms with Crippen LogP contribution in [0.3, 0.4) is 0 Å². The lowest BCUT2D eigenvalue weighted by Crippen LogP contribution is -2.27. The van der Waals surface area contributed by atoms with Crippen LogP contribution >= 0.6 is 11.8 Å². The predicted octanol–water partition coefficient (Wildman–Crippen LogP) is 3.50. The van der Waals surface area contributed by atoms with Crippen molar-refractivity contribution >= 4 is 17.7 Å². The number of rotatable bonds is 8. The molecule has 0 spiro atoms. The average Bonchev–Trinajstić information content (AvgIpc) is 3.16. The zero-order chi connectivity index (χ0) is 19.1. The van der Waals surface area contributed by atoms with E-state index in [2.05, 4.69) is 15.5 Å². The van der Waals surface area contributed by atoms with Crippen molar-refractivity contribution in [2.45, 2.75) is 18.6 Å². The SMILES string of the molecule is COc1ccc(CCNC(=O)CSc2nnc(-c3ccccc3C)o2)cc1. The molecule has 0 unspecified atom stereocenters. The maximum absolute atomic E-state index is 12.0. The van der Waals surface area contributed by atoms with Crippen LogP contribution in [-0.4, -0.2) is 35.5 Å². The van der Waals surface area contributed by atoms with Crippen molar-refractivity contribution in [3.8, 4) is 17.2 Å². The van der Waals surface area contributed by atoms with Crippen molar-refractivity contribution in [3.63, 3.8) is 0 Å². The van der Waals surface area contributed by atoms with Gasteiger partial charge in [0.15, 0.2) is 0 Å². The van der Waals surface area contributed by atoms with Crippen LogP contribution in [0, 0.1) is 6.92 Å². The van der Waals surface area contributed by atoms with Gasteiger partial charge in [0.25, 0.3) is 5.22 Å². The number of thioether (sulfide) groups is 1. The first-order valence-corrected chi connectivity index (χ1v) is 9.56. The van der Waals surface area contributed by atoms with Gasteiger partial charge in [0.05, 0.1) is 12.9 Å². The number of aryl methyl sites for hydroxylation is 1. The summed E-state index contributed by atoms with van der Waals surface area (Å²) < 4.78 is 10.8. The normalized spacial score (nSPS) is 10.6. The Hall–Kier alpha value is -2.80. The van der Waals surface area contributed by atoms with E-state index in [-0.39, 0.29) is 11.7 Å². The number of hydrogen-bond donors (Lipinski definition) is 1. The monoisotopic (exact) mass is 383 g/mol. The van der Waals surface area contributed by atoms with Crippen LogP contribution in [-0.2, 0) is 11.2 Å². The fraction of sp³-hybridized carbons (Fsp3) is 0.250. The molecular weight excluding hydrogens is 362 g/mol. The molecule has 0 aliphatic rings. The summed E-state index contributed by atoms with van der Waals surface area (Å²) in [6.07, 6.45) is 0.762. The van der Waals surface area contributed by atoms with E-state index in [4.69, 9.17) is 9.15 Å². The molecule has 3 aromatic rings. The van der Waals surface area contributed by atoms with Crippen molar-refractivity contribution in [2.24, 2.45) is 0 Å². The number of aromatic nitrogens is 2. The van der Waals surface area contributed by atoms with Crippen molar-refractivity contribution in [1.29, 1.82) is 0 Å². The topological polar surface area (TPSA) is 77.2 Å². The van der Waals surface area contributed by atoms with Crippen LogP contribution in [0.25, 0.3) is 11.5 Å². The Morgan fingerprint density at radius 1 is 1.15 bits per heavy atom. The second-order valence-corrected chi connectivity index (χ2v) is 6.85. The molecule has 2 aromatic carbocycles. The molecule has 6 nitrogen and oxygen atoms in total. The lowest BCUT2D eigenvalue weighted by atomic mass is 10.1. The smallest absolute Gasteiger partial charge is 0.277 e. The Bertz CT molecular complexity index is 893. The largest absolute Gasteiger partial charge is 0.497 e. The summed E-state index contributed by atoms with van der Waals surface area (Å²) in [5, 5.41) is 11.4. The van der Waals surface area contributed by atoms with Crippen LogP contribution in [0.15, 0.2) is 58.2 Å². The van der Waals surface area contributed by atoms with Gasteiger partial charge >= 0.3 is 0 Å². The molecular formula is C20H21N3O3S. The Morgan fingerprint density at radius 3 is 2.67 bits per heavy atom. The second kappa shape index (κ2) is 9.23. The quantitative estimate of drug-likeness (QED) is 0.600. The van der Waals surface area contributed by atoms with Gasteiger partial charge in [0.1, 0.15) is 5.75 Å². The van der Waals surface area contributed by atoms with E-state index in [1.807, 2.05) is 55.5 Å². The molecule has 27 heavy (non-hydrogen) atoms. The summed E-state index contributed by atoms with van der Waals surface area (Å²) in [6, 6.07) is 15.6. The molecule has 140 valence electrons. The fourth-order valence-electron chi connectivity index (χ4n) is 2.51. The lowest BCUT2D eigenvalue weighted by molar-refractivity contribution is -0.118. The minimum absolute atomic E-state index is 0.0656. The maximum atomic E-state index is 12.0. The molecule has 0 saturated heterocycles. The Morgan fingerprint density at radius 2 is 1.93 bits per heavy atom. The van der Waals surface area contributed by atoms with Crippen LogP contribution in [0.5, 0.6) is 5.75 Å². The van der Waals surface area contributed by atoms with E-state index in [0.717, 1.165) is 28.9 Å². The van der Waals surface area contributed by atoms with Crippen molar-refractivity contribution < 1.29 is 13.9 Å². The number of carbonyl (C=O) groups excluding carboxylic acids is 1. The molecule has 0 radical (unpaired) electrons. The number of benzene rings is 2. The van der Waals surface area contributed by atoms with Crippen LogP contribution in [0.4, 0.5) is 0 Å². The summed E-state index contributed by atoms with van der Waals surface area (Å²) in [6.45, 7) is 2.56. The van der Waals surface area contributed by atoms with E-state index in [9.17, 15) is 4.79 Å². The molecule has 1 heterocycles. The summed E-state index contributed by atoms with van der Waals surface area (Å²) in [5.41, 5.74) is 3.11. The molecule has 1 amide bonds. The van der Waals surface area contributed by atoms with E-state index >= 15 is 0 Å². The van der Waals surface area contributed by atoms with Gasteiger partial charge in [-0.3, -0.25) is 4.79 Å². The van der Waals surface area contributed by atoms with Gasteiger partial charge in [-0.15, -0.1) is 10.2 Å². The van der Waals surface area contributed by atoms with Gasteiger partial charge in [-0.25, -0.2) is 0 Å². The molecule has 3 rings (SSSR count). The number of carbonyl (C=O) groups is 1. The highest BCUT2D eigenvalue weighted by Crippen LogP contribution is 2.25. The Kier molecular flexibility index (Phi) is 6.49. The van der Waals surface area contributed by atoms with Gasteiger partial charge in [0.2, 0.25) is 11.8 Å². The van der Waals surface area contributed by atoms with Gasteiger partial charge in [-0.2, -0.15) is 0 Å². The summed E-state index contributed by atoms with van der Waals surface area (Å²) in [4.78, 5) is 12.0. The van der Waals surface area contributed by atoms with Crippen LogP contribution < -0.4 is 10.1 Å². The molecule has 7 heteroatoms. The third kappa shape index (κ3) is 5.34. The molecule has 0 aliphatic heterocycles. The van der Waals surface area contributed by atoms with Crippen LogP contribution in [0.2, 0.25) is 0 Å². The minimum atomic E-state index is -0.0656. The van der Waals surface area contributed by atoms with Crippen LogP contribution in [0.1, 0.15) is 11.1 Å². The second-order valence-electron chi connectivity index (χ2n) is 5.92. The van der Waals surface area contributed by atoms with E-state index in [1.165, 1.54) is 11.8 Å². The van der Waals surface area contributed by atoms with Crippen molar-refractivity contribution in [2.75, 3.05) is 19.4 Å². The molecule has 0 aliphatic carbocycles. The summed E-state index contributed by atoms with van der Waals surface area (Å²) in [5.74, 6) is 1.46. The highest BCUT2D eigenvalue weighted by molar-refractivity contribution is 7.99. The zero-order valence-electron chi connectivity index (χ0n) is 15.3. The summed E-state index contributed by atoms with van der Waals surface area (Å²) >= 11 is 1.23. The average molecular weight is 383 g/mol. The van der Waals surface area contributed by atoms with E-state index in [0.29, 0.717) is 17.7 Å². The number of methoxy groups -OCH3 is 1. The van der Waals surface area contributed by atoms with Gasteiger partial charge < -0.3 is 14.5 Å². The number of hydrogen-bond acceptors (Lipinski definition) is 6. The molecule has 0 saturated carbocycles. The first-order valence-electron chi connectivity index (χ1n) is 8.57. The van der Waals surface area contributed by atoms with Crippen molar-refractivity contribution in [3.05, 3.63) is 59.7 Å². The summed E-state index contributed by atoms with van der Waals surface area (Å²) in [7, 11) is 1.64. The zero-order valence-corrected chi connectivity index (χ0v) is 16.1. The molecule has 0 bridgehead atoms. The van der Waals surface area contributed by atoms with Gasteiger partial charge in [-0.1, -0.05) is 42.1 Å². The standard InChI is InChI=1S/C20H21N3O3S/c1-14-5-3-4-6-17(14)19-22-23-20(26-19)27-13-18(24)21-12-11-15-7-9-16(25-2)10-8-15/h3-10H,11-13H2,1-2H3,(H,21,24). The Labute approximate surface area is 162 Å². The maximum Gasteiger partial charge on any atom is 0.277 e. The first-order chi connectivity index (χ1) is 13.2. The van der Waals surface area contributed by atoms with E-state index in [1.54, 1.807) is 7.11 Å². The molecule has 1 aromatic heterocycles. The van der Waals surface area contributed by atoms with Gasteiger partial charge in [-0.05, 0) is 42.7 Å².